The molecule has 1 atom stereocenters. The number of hydrogen-bond donors (Lipinski definition) is 2. The molecule has 9 nitrogen and oxygen atoms in total. The van der Waals surface area contributed by atoms with E-state index in [4.69, 9.17) is 0 Å². The van der Waals surface area contributed by atoms with Crippen molar-refractivity contribution in [1.29, 1.82) is 5.26 Å². The Hall–Kier alpha value is -4.29. The molecule has 5 rings (SSSR count). The van der Waals surface area contributed by atoms with Gasteiger partial charge < -0.3 is 15.3 Å². The SMILES string of the molecule is Cc1ncn(-c2ccc(Nc3nccc(-c4ccc(C#N)c(N5CCCC(O)C5)c4)n3)cc2)n1. The summed E-state index contributed by atoms with van der Waals surface area (Å²) in [6, 6.07) is 17.5. The van der Waals surface area contributed by atoms with E-state index in [9.17, 15) is 10.4 Å². The lowest BCUT2D eigenvalue weighted by Crippen LogP contribution is -2.38. The minimum atomic E-state index is -0.376. The van der Waals surface area contributed by atoms with Crippen LogP contribution in [0.15, 0.2) is 61.1 Å². The van der Waals surface area contributed by atoms with Gasteiger partial charge in [0.1, 0.15) is 18.2 Å². The molecule has 2 N–H and O–H groups in total. The largest absolute Gasteiger partial charge is 0.391 e. The third-order valence-corrected chi connectivity index (χ3v) is 5.80. The average Bonchev–Trinajstić information content (AvgIpc) is 3.30. The fourth-order valence-corrected chi connectivity index (χ4v) is 4.10. The number of rotatable bonds is 5. The van der Waals surface area contributed by atoms with Gasteiger partial charge in [-0.1, -0.05) is 6.07 Å². The van der Waals surface area contributed by atoms with Crippen molar-refractivity contribution in [1.82, 2.24) is 24.7 Å². The van der Waals surface area contributed by atoms with Gasteiger partial charge in [0, 0.05) is 30.5 Å². The summed E-state index contributed by atoms with van der Waals surface area (Å²) in [5.41, 5.74) is 4.81. The van der Waals surface area contributed by atoms with Gasteiger partial charge in [-0.05, 0) is 62.2 Å². The van der Waals surface area contributed by atoms with Gasteiger partial charge in [0.25, 0.3) is 0 Å². The number of β-amino-alcohol motifs (C(OH)–C–C–N with tert-alkyl or cyclic N) is 1. The number of aryl methyl sites for hydroxylation is 1. The summed E-state index contributed by atoms with van der Waals surface area (Å²) in [4.78, 5) is 15.3. The van der Waals surface area contributed by atoms with Crippen LogP contribution < -0.4 is 10.2 Å². The zero-order chi connectivity index (χ0) is 23.5. The van der Waals surface area contributed by atoms with Crippen LogP contribution in [0.1, 0.15) is 24.2 Å². The Morgan fingerprint density at radius 1 is 1.12 bits per heavy atom. The van der Waals surface area contributed by atoms with Gasteiger partial charge in [0.2, 0.25) is 5.95 Å². The molecule has 0 bridgehead atoms. The minimum absolute atomic E-state index is 0.376. The lowest BCUT2D eigenvalue weighted by atomic mass is 10.0. The van der Waals surface area contributed by atoms with Crippen molar-refractivity contribution in [3.05, 3.63) is 72.4 Å². The van der Waals surface area contributed by atoms with Gasteiger partial charge in [-0.15, -0.1) is 0 Å². The zero-order valence-corrected chi connectivity index (χ0v) is 18.8. The molecule has 2 aromatic carbocycles. The molecule has 1 aliphatic heterocycles. The van der Waals surface area contributed by atoms with Crippen LogP contribution in [0, 0.1) is 18.3 Å². The Bertz CT molecular complexity index is 1340. The van der Waals surface area contributed by atoms with E-state index in [0.717, 1.165) is 53.5 Å². The molecule has 0 saturated carbocycles. The number of hydrogen-bond acceptors (Lipinski definition) is 8. The fourth-order valence-electron chi connectivity index (χ4n) is 4.10. The number of piperidine rings is 1. The summed E-state index contributed by atoms with van der Waals surface area (Å²) in [7, 11) is 0. The van der Waals surface area contributed by atoms with Crippen LogP contribution in [0.4, 0.5) is 17.3 Å². The quantitative estimate of drug-likeness (QED) is 0.472. The van der Waals surface area contributed by atoms with Gasteiger partial charge >= 0.3 is 0 Å². The first-order valence-corrected chi connectivity index (χ1v) is 11.2. The van der Waals surface area contributed by atoms with Crippen LogP contribution in [-0.4, -0.2) is 49.0 Å². The summed E-state index contributed by atoms with van der Waals surface area (Å²) in [5.74, 6) is 1.19. The van der Waals surface area contributed by atoms with Crippen molar-refractivity contribution in [2.75, 3.05) is 23.3 Å². The molecule has 2 aromatic heterocycles. The maximum absolute atomic E-state index is 10.1. The highest BCUT2D eigenvalue weighted by Gasteiger charge is 2.21. The Morgan fingerprint density at radius 2 is 1.97 bits per heavy atom. The topological polar surface area (TPSA) is 116 Å². The van der Waals surface area contributed by atoms with Crippen LogP contribution in [0.25, 0.3) is 16.9 Å². The second kappa shape index (κ2) is 9.29. The molecule has 4 aromatic rings. The number of aliphatic hydroxyl groups is 1. The van der Waals surface area contributed by atoms with E-state index in [2.05, 4.69) is 36.3 Å². The average molecular weight is 453 g/mol. The Labute approximate surface area is 197 Å². The summed E-state index contributed by atoms with van der Waals surface area (Å²) in [6.07, 6.45) is 4.70. The van der Waals surface area contributed by atoms with Crippen LogP contribution in [0.2, 0.25) is 0 Å². The van der Waals surface area contributed by atoms with Gasteiger partial charge in [-0.2, -0.15) is 10.4 Å². The van der Waals surface area contributed by atoms with E-state index in [-0.39, 0.29) is 6.10 Å². The standard InChI is InChI=1S/C25H24N8O/c1-17-28-16-33(31-17)21-8-6-20(7-9-21)29-25-27-11-10-23(30-25)18-4-5-19(14-26)24(13-18)32-12-2-3-22(34)15-32/h4-11,13,16,22,34H,2-3,12,15H2,1H3,(H,27,29,30). The van der Waals surface area contributed by atoms with Crippen LogP contribution in [0.3, 0.4) is 0 Å². The van der Waals surface area contributed by atoms with Gasteiger partial charge in [0.05, 0.1) is 28.7 Å². The second-order valence-electron chi connectivity index (χ2n) is 8.26. The third-order valence-electron chi connectivity index (χ3n) is 5.80. The summed E-state index contributed by atoms with van der Waals surface area (Å²) in [5, 5.41) is 27.2. The molecule has 34 heavy (non-hydrogen) atoms. The minimum Gasteiger partial charge on any atom is -0.391 e. The summed E-state index contributed by atoms with van der Waals surface area (Å²) in [6.45, 7) is 3.19. The normalized spacial score (nSPS) is 15.7. The van der Waals surface area contributed by atoms with E-state index in [0.29, 0.717) is 18.1 Å². The lowest BCUT2D eigenvalue weighted by Gasteiger charge is -2.32. The van der Waals surface area contributed by atoms with Crippen molar-refractivity contribution < 1.29 is 5.11 Å². The predicted molar refractivity (Wildman–Crippen MR) is 129 cm³/mol. The molecule has 1 saturated heterocycles. The molecular formula is C25H24N8O. The van der Waals surface area contributed by atoms with E-state index in [1.54, 1.807) is 17.2 Å². The second-order valence-corrected chi connectivity index (χ2v) is 8.26. The Balaban J connectivity index is 1.38. The molecule has 0 amide bonds. The Kier molecular flexibility index (Phi) is 5.89. The van der Waals surface area contributed by atoms with Gasteiger partial charge in [-0.3, -0.25) is 0 Å². The van der Waals surface area contributed by atoms with Gasteiger partial charge in [0.15, 0.2) is 0 Å². The number of aromatic nitrogens is 5. The van der Waals surface area contributed by atoms with Crippen LogP contribution in [0.5, 0.6) is 0 Å². The van der Waals surface area contributed by atoms with Crippen molar-refractivity contribution in [3.63, 3.8) is 0 Å². The monoisotopic (exact) mass is 452 g/mol. The molecule has 170 valence electrons. The molecule has 9 heteroatoms. The van der Waals surface area contributed by atoms with Crippen molar-refractivity contribution >= 4 is 17.3 Å². The molecule has 3 heterocycles. The van der Waals surface area contributed by atoms with Crippen molar-refractivity contribution in [2.24, 2.45) is 0 Å². The third kappa shape index (κ3) is 4.58. The smallest absolute Gasteiger partial charge is 0.227 e. The summed E-state index contributed by atoms with van der Waals surface area (Å²) < 4.78 is 1.72. The number of nitrogens with one attached hydrogen (secondary N) is 1. The molecule has 0 aliphatic carbocycles. The first-order valence-electron chi connectivity index (χ1n) is 11.2. The van der Waals surface area contributed by atoms with E-state index in [1.807, 2.05) is 55.5 Å². The first-order chi connectivity index (χ1) is 16.6. The number of nitriles is 1. The maximum Gasteiger partial charge on any atom is 0.227 e. The van der Waals surface area contributed by atoms with E-state index >= 15 is 0 Å². The van der Waals surface area contributed by atoms with Crippen LogP contribution in [-0.2, 0) is 0 Å². The highest BCUT2D eigenvalue weighted by Crippen LogP contribution is 2.30. The highest BCUT2D eigenvalue weighted by atomic mass is 16.3. The highest BCUT2D eigenvalue weighted by molar-refractivity contribution is 5.71. The maximum atomic E-state index is 10.1. The number of nitrogens with zero attached hydrogens (tertiary/aromatic N) is 7. The first kappa shape index (κ1) is 21.6. The molecular weight excluding hydrogens is 428 g/mol. The number of anilines is 3. The number of aliphatic hydroxyl groups excluding tert-OH is 1. The Morgan fingerprint density at radius 3 is 2.71 bits per heavy atom. The van der Waals surface area contributed by atoms with E-state index in [1.165, 1.54) is 0 Å². The molecule has 0 radical (unpaired) electrons. The lowest BCUT2D eigenvalue weighted by molar-refractivity contribution is 0.154. The predicted octanol–water partition coefficient (Wildman–Crippen LogP) is 3.61. The molecule has 1 aliphatic rings. The summed E-state index contributed by atoms with van der Waals surface area (Å²) >= 11 is 0. The van der Waals surface area contributed by atoms with E-state index < -0.39 is 0 Å². The van der Waals surface area contributed by atoms with Crippen molar-refractivity contribution in [3.8, 4) is 23.0 Å². The molecule has 1 unspecified atom stereocenters. The molecule has 0 spiro atoms. The van der Waals surface area contributed by atoms with Crippen LogP contribution >= 0.6 is 0 Å². The molecule has 1 fully saturated rings. The number of benzene rings is 2. The van der Waals surface area contributed by atoms with Gasteiger partial charge in [-0.25, -0.2) is 19.6 Å². The zero-order valence-electron chi connectivity index (χ0n) is 18.8. The van der Waals surface area contributed by atoms with Crippen molar-refractivity contribution in [2.45, 2.75) is 25.9 Å². The fraction of sp³-hybridized carbons (Fsp3) is 0.240.